The molecule has 0 aliphatic carbocycles. The van der Waals surface area contributed by atoms with E-state index in [-0.39, 0.29) is 11.3 Å². The van der Waals surface area contributed by atoms with Crippen LogP contribution in [0, 0.1) is 10.1 Å². The van der Waals surface area contributed by atoms with E-state index in [0.29, 0.717) is 25.4 Å². The SMILES string of the molecule is CNc1cc(C(=O)NCCCOC)c([N+](=O)[O-])cn1. The number of ether oxygens (including phenoxy) is 1. The first-order valence-electron chi connectivity index (χ1n) is 5.69. The van der Waals surface area contributed by atoms with E-state index in [9.17, 15) is 14.9 Å². The van der Waals surface area contributed by atoms with E-state index in [1.165, 1.54) is 6.07 Å². The van der Waals surface area contributed by atoms with Gasteiger partial charge in [0.05, 0.1) is 4.92 Å². The van der Waals surface area contributed by atoms with Crippen LogP contribution in [-0.2, 0) is 4.74 Å². The van der Waals surface area contributed by atoms with Crippen molar-refractivity contribution in [3.05, 3.63) is 27.9 Å². The first kappa shape index (κ1) is 14.8. The standard InChI is InChI=1S/C11H16N4O4/c1-12-10-6-8(9(7-14-10)15(17)18)11(16)13-4-3-5-19-2/h6-7H,3-5H2,1-2H3,(H,12,14)(H,13,16). The second-order valence-electron chi connectivity index (χ2n) is 3.70. The Hall–Kier alpha value is -2.22. The first-order valence-corrected chi connectivity index (χ1v) is 5.69. The Balaban J connectivity index is 2.83. The summed E-state index contributed by atoms with van der Waals surface area (Å²) in [6.45, 7) is 0.904. The Morgan fingerprint density at radius 1 is 1.58 bits per heavy atom. The Labute approximate surface area is 110 Å². The maximum Gasteiger partial charge on any atom is 0.300 e. The molecule has 1 aromatic rings. The summed E-state index contributed by atoms with van der Waals surface area (Å²) in [7, 11) is 3.18. The number of hydrogen-bond donors (Lipinski definition) is 2. The number of rotatable bonds is 7. The first-order chi connectivity index (χ1) is 9.10. The molecule has 0 fully saturated rings. The zero-order valence-electron chi connectivity index (χ0n) is 10.8. The zero-order chi connectivity index (χ0) is 14.3. The highest BCUT2D eigenvalue weighted by Gasteiger charge is 2.21. The van der Waals surface area contributed by atoms with E-state index in [0.717, 1.165) is 6.20 Å². The fourth-order valence-electron chi connectivity index (χ4n) is 1.43. The van der Waals surface area contributed by atoms with Crippen LogP contribution in [0.5, 0.6) is 0 Å². The summed E-state index contributed by atoms with van der Waals surface area (Å²) in [4.78, 5) is 25.9. The molecule has 19 heavy (non-hydrogen) atoms. The van der Waals surface area contributed by atoms with Gasteiger partial charge in [0.2, 0.25) is 0 Å². The second kappa shape index (κ2) is 7.27. The molecule has 0 spiro atoms. The van der Waals surface area contributed by atoms with Gasteiger partial charge in [0.25, 0.3) is 11.6 Å². The number of nitro groups is 1. The lowest BCUT2D eigenvalue weighted by Gasteiger charge is -2.07. The lowest BCUT2D eigenvalue weighted by atomic mass is 10.2. The maximum atomic E-state index is 11.9. The Morgan fingerprint density at radius 2 is 2.32 bits per heavy atom. The number of nitrogens with one attached hydrogen (secondary N) is 2. The van der Waals surface area contributed by atoms with Crippen LogP contribution in [0.2, 0.25) is 0 Å². The maximum absolute atomic E-state index is 11.9. The van der Waals surface area contributed by atoms with Crippen molar-refractivity contribution >= 4 is 17.4 Å². The molecule has 0 bridgehead atoms. The number of pyridine rings is 1. The summed E-state index contributed by atoms with van der Waals surface area (Å²) in [6.07, 6.45) is 1.70. The Bertz CT molecular complexity index is 464. The average Bonchev–Trinajstić information content (AvgIpc) is 2.42. The molecule has 1 rings (SSSR count). The van der Waals surface area contributed by atoms with Gasteiger partial charge in [-0.05, 0) is 6.42 Å². The van der Waals surface area contributed by atoms with Gasteiger partial charge in [0, 0.05) is 33.4 Å². The summed E-state index contributed by atoms with van der Waals surface area (Å²) in [5, 5.41) is 16.2. The number of nitrogens with zero attached hydrogens (tertiary/aromatic N) is 2. The number of amides is 1. The summed E-state index contributed by atoms with van der Waals surface area (Å²) >= 11 is 0. The largest absolute Gasteiger partial charge is 0.385 e. The molecule has 0 saturated carbocycles. The number of carbonyl (C=O) groups excluding carboxylic acids is 1. The third-order valence-electron chi connectivity index (χ3n) is 2.39. The van der Waals surface area contributed by atoms with Gasteiger partial charge in [-0.2, -0.15) is 0 Å². The van der Waals surface area contributed by atoms with Crippen molar-refractivity contribution in [2.45, 2.75) is 6.42 Å². The van der Waals surface area contributed by atoms with Crippen molar-refractivity contribution in [1.82, 2.24) is 10.3 Å². The van der Waals surface area contributed by atoms with Gasteiger partial charge in [-0.25, -0.2) is 4.98 Å². The number of hydrogen-bond acceptors (Lipinski definition) is 6. The van der Waals surface area contributed by atoms with Crippen LogP contribution in [0.25, 0.3) is 0 Å². The van der Waals surface area contributed by atoms with Crippen molar-refractivity contribution in [2.75, 3.05) is 32.6 Å². The molecule has 0 atom stereocenters. The Kier molecular flexibility index (Phi) is 5.68. The summed E-state index contributed by atoms with van der Waals surface area (Å²) in [5.74, 6) is -0.102. The summed E-state index contributed by atoms with van der Waals surface area (Å²) < 4.78 is 4.85. The van der Waals surface area contributed by atoms with E-state index < -0.39 is 10.8 Å². The molecule has 8 heteroatoms. The molecule has 104 valence electrons. The molecule has 1 amide bonds. The van der Waals surface area contributed by atoms with Gasteiger partial charge < -0.3 is 15.4 Å². The molecule has 0 aliphatic heterocycles. The van der Waals surface area contributed by atoms with Crippen molar-refractivity contribution < 1.29 is 14.5 Å². The molecule has 1 aromatic heterocycles. The quantitative estimate of drug-likeness (QED) is 0.430. The fourth-order valence-corrected chi connectivity index (χ4v) is 1.43. The highest BCUT2D eigenvalue weighted by Crippen LogP contribution is 2.19. The lowest BCUT2D eigenvalue weighted by Crippen LogP contribution is -2.26. The highest BCUT2D eigenvalue weighted by atomic mass is 16.6. The predicted octanol–water partition coefficient (Wildman–Crippen LogP) is 0.798. The zero-order valence-corrected chi connectivity index (χ0v) is 10.8. The molecule has 0 unspecified atom stereocenters. The predicted molar refractivity (Wildman–Crippen MR) is 69.3 cm³/mol. The lowest BCUT2D eigenvalue weighted by molar-refractivity contribution is -0.385. The van der Waals surface area contributed by atoms with E-state index in [4.69, 9.17) is 4.74 Å². The van der Waals surface area contributed by atoms with E-state index in [1.807, 2.05) is 0 Å². The fraction of sp³-hybridized carbons (Fsp3) is 0.455. The normalized spacial score (nSPS) is 10.0. The number of anilines is 1. The minimum Gasteiger partial charge on any atom is -0.385 e. The van der Waals surface area contributed by atoms with Crippen LogP contribution in [0.1, 0.15) is 16.8 Å². The van der Waals surface area contributed by atoms with Crippen LogP contribution in [0.4, 0.5) is 11.5 Å². The minimum atomic E-state index is -0.628. The van der Waals surface area contributed by atoms with Crippen LogP contribution in [-0.4, -0.2) is 43.1 Å². The van der Waals surface area contributed by atoms with Crippen LogP contribution in [0.3, 0.4) is 0 Å². The molecular weight excluding hydrogens is 252 g/mol. The molecule has 2 N–H and O–H groups in total. The smallest absolute Gasteiger partial charge is 0.300 e. The number of carbonyl (C=O) groups is 1. The molecule has 0 aromatic carbocycles. The number of methoxy groups -OCH3 is 1. The van der Waals surface area contributed by atoms with Gasteiger partial charge in [-0.3, -0.25) is 14.9 Å². The van der Waals surface area contributed by atoms with Crippen molar-refractivity contribution in [3.8, 4) is 0 Å². The highest BCUT2D eigenvalue weighted by molar-refractivity contribution is 5.98. The van der Waals surface area contributed by atoms with Crippen molar-refractivity contribution in [3.63, 3.8) is 0 Å². The van der Waals surface area contributed by atoms with Gasteiger partial charge in [-0.1, -0.05) is 0 Å². The number of aromatic nitrogens is 1. The van der Waals surface area contributed by atoms with Gasteiger partial charge in [0.15, 0.2) is 0 Å². The molecule has 1 heterocycles. The summed E-state index contributed by atoms with van der Waals surface area (Å²) in [5.41, 5.74) is -0.329. The van der Waals surface area contributed by atoms with Crippen molar-refractivity contribution in [1.29, 1.82) is 0 Å². The molecule has 0 aliphatic rings. The average molecular weight is 268 g/mol. The second-order valence-corrected chi connectivity index (χ2v) is 3.70. The summed E-state index contributed by atoms with van der Waals surface area (Å²) in [6, 6.07) is 1.35. The van der Waals surface area contributed by atoms with E-state index >= 15 is 0 Å². The molecule has 0 saturated heterocycles. The van der Waals surface area contributed by atoms with Crippen LogP contribution >= 0.6 is 0 Å². The van der Waals surface area contributed by atoms with Crippen LogP contribution < -0.4 is 10.6 Å². The molecule has 8 nitrogen and oxygen atoms in total. The van der Waals surface area contributed by atoms with Crippen LogP contribution in [0.15, 0.2) is 12.3 Å². The van der Waals surface area contributed by atoms with E-state index in [2.05, 4.69) is 15.6 Å². The monoisotopic (exact) mass is 268 g/mol. The van der Waals surface area contributed by atoms with Gasteiger partial charge in [0.1, 0.15) is 17.6 Å². The topological polar surface area (TPSA) is 106 Å². The van der Waals surface area contributed by atoms with Gasteiger partial charge in [-0.15, -0.1) is 0 Å². The Morgan fingerprint density at radius 3 is 2.89 bits per heavy atom. The molecular formula is C11H16N4O4. The van der Waals surface area contributed by atoms with Crippen molar-refractivity contribution in [2.24, 2.45) is 0 Å². The third kappa shape index (κ3) is 4.18. The third-order valence-corrected chi connectivity index (χ3v) is 2.39. The van der Waals surface area contributed by atoms with E-state index in [1.54, 1.807) is 14.2 Å². The minimum absolute atomic E-state index is 0.0123. The molecule has 0 radical (unpaired) electrons. The van der Waals surface area contributed by atoms with Gasteiger partial charge >= 0.3 is 0 Å².